The van der Waals surface area contributed by atoms with Gasteiger partial charge in [0.15, 0.2) is 5.43 Å². The zero-order valence-corrected chi connectivity index (χ0v) is 8.71. The summed E-state index contributed by atoms with van der Waals surface area (Å²) in [6, 6.07) is 0.693. The molecule has 0 unspecified atom stereocenters. The molecule has 0 aromatic carbocycles. The van der Waals surface area contributed by atoms with Gasteiger partial charge in [0, 0.05) is 6.07 Å². The van der Waals surface area contributed by atoms with Gasteiger partial charge in [-0.25, -0.2) is 13.6 Å². The second-order valence-electron chi connectivity index (χ2n) is 2.38. The molecular formula is C7H4F2INO3. The molecule has 0 aliphatic carbocycles. The molecule has 1 aromatic rings. The van der Waals surface area contributed by atoms with E-state index in [2.05, 4.69) is 0 Å². The fraction of sp³-hybridized carbons (Fsp3) is 0.143. The monoisotopic (exact) mass is 315 g/mol. The molecule has 1 rings (SSSR count). The second-order valence-corrected chi connectivity index (χ2v) is 3.46. The second kappa shape index (κ2) is 4.03. The molecule has 0 spiro atoms. The highest BCUT2D eigenvalue weighted by Crippen LogP contribution is 2.16. The Morgan fingerprint density at radius 1 is 1.57 bits per heavy atom. The van der Waals surface area contributed by atoms with E-state index in [4.69, 9.17) is 5.11 Å². The normalized spacial score (nSPS) is 10.6. The molecule has 0 amide bonds. The highest BCUT2D eigenvalue weighted by atomic mass is 127. The molecule has 0 atom stereocenters. The van der Waals surface area contributed by atoms with E-state index in [1.807, 2.05) is 4.98 Å². The van der Waals surface area contributed by atoms with Crippen LogP contribution in [0.25, 0.3) is 0 Å². The first-order chi connectivity index (χ1) is 6.43. The molecule has 1 heterocycles. The van der Waals surface area contributed by atoms with Crippen molar-refractivity contribution >= 4 is 28.6 Å². The van der Waals surface area contributed by atoms with Crippen LogP contribution in [-0.4, -0.2) is 16.1 Å². The number of halogens is 3. The summed E-state index contributed by atoms with van der Waals surface area (Å²) in [4.78, 5) is 23.6. The highest BCUT2D eigenvalue weighted by Gasteiger charge is 2.17. The molecule has 1 aromatic heterocycles. The smallest absolute Gasteiger partial charge is 0.353 e. The lowest BCUT2D eigenvalue weighted by molar-refractivity contribution is 0.0687. The number of rotatable bonds is 2. The van der Waals surface area contributed by atoms with Crippen molar-refractivity contribution in [1.82, 2.24) is 4.98 Å². The van der Waals surface area contributed by atoms with E-state index in [1.54, 1.807) is 0 Å². The SMILES string of the molecule is O=C(O)c1[nH]c(C(F)F)cc(=O)c1I. The average molecular weight is 315 g/mol. The number of aromatic carboxylic acids is 1. The molecule has 4 nitrogen and oxygen atoms in total. The Morgan fingerprint density at radius 3 is 2.57 bits per heavy atom. The zero-order valence-electron chi connectivity index (χ0n) is 6.55. The number of alkyl halides is 2. The Hall–Kier alpha value is -0.990. The molecule has 0 aliphatic heterocycles. The third kappa shape index (κ3) is 2.08. The number of aromatic nitrogens is 1. The van der Waals surface area contributed by atoms with Crippen molar-refractivity contribution in [3.63, 3.8) is 0 Å². The van der Waals surface area contributed by atoms with Gasteiger partial charge in [0.05, 0.1) is 9.26 Å². The molecule has 0 aliphatic rings. The van der Waals surface area contributed by atoms with Crippen molar-refractivity contribution in [3.05, 3.63) is 31.2 Å². The predicted octanol–water partition coefficient (Wildman–Crippen LogP) is 1.62. The Bertz CT molecular complexity index is 429. The number of aromatic amines is 1. The molecule has 76 valence electrons. The first kappa shape index (κ1) is 11.1. The summed E-state index contributed by atoms with van der Waals surface area (Å²) in [5, 5.41) is 8.58. The average Bonchev–Trinajstić information content (AvgIpc) is 2.08. The predicted molar refractivity (Wildman–Crippen MR) is 51.7 cm³/mol. The van der Waals surface area contributed by atoms with E-state index in [-0.39, 0.29) is 3.57 Å². The molecule has 7 heteroatoms. The van der Waals surface area contributed by atoms with E-state index in [0.29, 0.717) is 6.07 Å². The summed E-state index contributed by atoms with van der Waals surface area (Å²) < 4.78 is 24.2. The van der Waals surface area contributed by atoms with Crippen LogP contribution in [-0.2, 0) is 0 Å². The van der Waals surface area contributed by atoms with Crippen LogP contribution in [0.5, 0.6) is 0 Å². The van der Waals surface area contributed by atoms with Crippen LogP contribution in [0, 0.1) is 3.57 Å². The molecule has 0 radical (unpaired) electrons. The number of nitrogens with one attached hydrogen (secondary N) is 1. The molecule has 0 saturated carbocycles. The minimum atomic E-state index is -2.89. The van der Waals surface area contributed by atoms with Crippen LogP contribution < -0.4 is 5.43 Å². The topological polar surface area (TPSA) is 70.2 Å². The molecular weight excluding hydrogens is 311 g/mol. The van der Waals surface area contributed by atoms with Crippen LogP contribution >= 0.6 is 22.6 Å². The minimum absolute atomic E-state index is 0.112. The van der Waals surface area contributed by atoms with Gasteiger partial charge in [0.25, 0.3) is 6.43 Å². The summed E-state index contributed by atoms with van der Waals surface area (Å²) in [6.07, 6.45) is -2.89. The van der Waals surface area contributed by atoms with E-state index in [0.717, 1.165) is 0 Å². The number of carboxylic acid groups (broad SMARTS) is 1. The van der Waals surface area contributed by atoms with E-state index in [9.17, 15) is 18.4 Å². The Balaban J connectivity index is 3.43. The van der Waals surface area contributed by atoms with Gasteiger partial charge in [0.2, 0.25) is 0 Å². The summed E-state index contributed by atoms with van der Waals surface area (Å²) in [5.41, 5.74) is -1.92. The van der Waals surface area contributed by atoms with Gasteiger partial charge in [-0.15, -0.1) is 0 Å². The zero-order chi connectivity index (χ0) is 10.9. The molecule has 0 saturated heterocycles. The lowest BCUT2D eigenvalue weighted by atomic mass is 10.3. The number of hydrogen-bond acceptors (Lipinski definition) is 2. The van der Waals surface area contributed by atoms with Crippen molar-refractivity contribution in [3.8, 4) is 0 Å². The van der Waals surface area contributed by atoms with Gasteiger partial charge in [-0.1, -0.05) is 0 Å². The first-order valence-corrected chi connectivity index (χ1v) is 4.45. The van der Waals surface area contributed by atoms with E-state index in [1.165, 1.54) is 22.6 Å². The maximum Gasteiger partial charge on any atom is 0.353 e. The summed E-state index contributed by atoms with van der Waals surface area (Å²) in [7, 11) is 0. The van der Waals surface area contributed by atoms with Crippen LogP contribution in [0.2, 0.25) is 0 Å². The standard InChI is InChI=1S/C7H4F2INO3/c8-6(9)2-1-3(12)4(10)5(11-2)7(13)14/h1,6H,(H,11,12)(H,13,14). The van der Waals surface area contributed by atoms with Gasteiger partial charge in [0.1, 0.15) is 5.69 Å². The van der Waals surface area contributed by atoms with Crippen molar-refractivity contribution in [2.75, 3.05) is 0 Å². The minimum Gasteiger partial charge on any atom is -0.477 e. The highest BCUT2D eigenvalue weighted by molar-refractivity contribution is 14.1. The van der Waals surface area contributed by atoms with Crippen LogP contribution in [0.4, 0.5) is 8.78 Å². The Morgan fingerprint density at radius 2 is 2.14 bits per heavy atom. The summed E-state index contributed by atoms with van der Waals surface area (Å²) in [5.74, 6) is -1.44. The molecule has 0 bridgehead atoms. The van der Waals surface area contributed by atoms with Gasteiger partial charge >= 0.3 is 5.97 Å². The van der Waals surface area contributed by atoms with Crippen molar-refractivity contribution in [2.24, 2.45) is 0 Å². The summed E-state index contributed by atoms with van der Waals surface area (Å²) in [6.45, 7) is 0. The number of hydrogen-bond donors (Lipinski definition) is 2. The van der Waals surface area contributed by atoms with Crippen LogP contribution in [0.1, 0.15) is 22.6 Å². The van der Waals surface area contributed by atoms with Crippen molar-refractivity contribution in [2.45, 2.75) is 6.43 Å². The van der Waals surface area contributed by atoms with Gasteiger partial charge < -0.3 is 10.1 Å². The van der Waals surface area contributed by atoms with Gasteiger partial charge in [-0.2, -0.15) is 0 Å². The van der Waals surface area contributed by atoms with Gasteiger partial charge in [-0.05, 0) is 22.6 Å². The third-order valence-electron chi connectivity index (χ3n) is 1.44. The fourth-order valence-electron chi connectivity index (χ4n) is 0.828. The number of carboxylic acids is 1. The Kier molecular flexibility index (Phi) is 3.19. The lowest BCUT2D eigenvalue weighted by Crippen LogP contribution is -2.16. The quantitative estimate of drug-likeness (QED) is 0.815. The van der Waals surface area contributed by atoms with Gasteiger partial charge in [-0.3, -0.25) is 4.79 Å². The Labute approximate surface area is 90.1 Å². The third-order valence-corrected chi connectivity index (χ3v) is 2.51. The van der Waals surface area contributed by atoms with Crippen LogP contribution in [0.15, 0.2) is 10.9 Å². The van der Waals surface area contributed by atoms with Crippen molar-refractivity contribution < 1.29 is 18.7 Å². The fourth-order valence-corrected chi connectivity index (χ4v) is 1.35. The molecule has 0 fully saturated rings. The number of H-pyrrole nitrogens is 1. The van der Waals surface area contributed by atoms with E-state index >= 15 is 0 Å². The summed E-state index contributed by atoms with van der Waals surface area (Å²) >= 11 is 1.49. The maximum absolute atomic E-state index is 12.2. The van der Waals surface area contributed by atoms with Crippen molar-refractivity contribution in [1.29, 1.82) is 0 Å². The van der Waals surface area contributed by atoms with E-state index < -0.39 is 29.2 Å². The largest absolute Gasteiger partial charge is 0.477 e. The molecule has 2 N–H and O–H groups in total. The molecule has 14 heavy (non-hydrogen) atoms. The number of pyridine rings is 1. The maximum atomic E-state index is 12.2. The number of carbonyl (C=O) groups is 1. The first-order valence-electron chi connectivity index (χ1n) is 3.37. The van der Waals surface area contributed by atoms with Crippen LogP contribution in [0.3, 0.4) is 0 Å². The lowest BCUT2D eigenvalue weighted by Gasteiger charge is -2.03.